The summed E-state index contributed by atoms with van der Waals surface area (Å²) < 4.78 is 11.2. The van der Waals surface area contributed by atoms with E-state index >= 15 is 0 Å². The predicted octanol–water partition coefficient (Wildman–Crippen LogP) is 2.24. The van der Waals surface area contributed by atoms with E-state index < -0.39 is 0 Å². The maximum atomic E-state index is 5.11. The van der Waals surface area contributed by atoms with Crippen LogP contribution in [0.1, 0.15) is 0 Å². The van der Waals surface area contributed by atoms with Gasteiger partial charge in [0.1, 0.15) is 3.79 Å². The van der Waals surface area contributed by atoms with E-state index in [1.165, 1.54) is 0 Å². The average Bonchev–Trinajstić information content (AvgIpc) is 2.35. The third-order valence-electron chi connectivity index (χ3n) is 1.09. The highest BCUT2D eigenvalue weighted by Gasteiger charge is 2.17. The van der Waals surface area contributed by atoms with Crippen LogP contribution in [-0.2, 0) is 0 Å². The van der Waals surface area contributed by atoms with Gasteiger partial charge in [0.25, 0.3) is 0 Å². The molecule has 0 aromatic carbocycles. The van der Waals surface area contributed by atoms with E-state index in [2.05, 4.69) is 15.9 Å². The molecular formula is C5H3BrO2S. The smallest absolute Gasteiger partial charge is 0.231 e. The lowest BCUT2D eigenvalue weighted by Crippen LogP contribution is -1.93. The molecule has 1 aliphatic heterocycles. The van der Waals surface area contributed by atoms with E-state index in [1.54, 1.807) is 11.3 Å². The Morgan fingerprint density at radius 2 is 2.44 bits per heavy atom. The molecule has 0 aliphatic carbocycles. The van der Waals surface area contributed by atoms with E-state index in [0.717, 1.165) is 15.3 Å². The molecule has 0 amide bonds. The van der Waals surface area contributed by atoms with Crippen molar-refractivity contribution in [3.63, 3.8) is 0 Å². The van der Waals surface area contributed by atoms with Gasteiger partial charge in [-0.05, 0) is 15.9 Å². The lowest BCUT2D eigenvalue weighted by Gasteiger charge is -1.88. The average molecular weight is 207 g/mol. The first-order chi connectivity index (χ1) is 4.38. The normalized spacial score (nSPS) is 14.3. The van der Waals surface area contributed by atoms with Gasteiger partial charge in [0.05, 0.1) is 0 Å². The number of thiophene rings is 1. The van der Waals surface area contributed by atoms with Crippen molar-refractivity contribution >= 4 is 27.3 Å². The number of ether oxygens (including phenoxy) is 2. The first-order valence-corrected chi connectivity index (χ1v) is 4.08. The van der Waals surface area contributed by atoms with Crippen LogP contribution in [-0.4, -0.2) is 6.79 Å². The van der Waals surface area contributed by atoms with Crippen LogP contribution in [0.15, 0.2) is 9.17 Å². The molecule has 0 bridgehead atoms. The van der Waals surface area contributed by atoms with Crippen LogP contribution < -0.4 is 9.47 Å². The lowest BCUT2D eigenvalue weighted by atomic mass is 10.6. The highest BCUT2D eigenvalue weighted by Crippen LogP contribution is 2.43. The largest absolute Gasteiger partial charge is 0.453 e. The topological polar surface area (TPSA) is 18.5 Å². The van der Waals surface area contributed by atoms with Gasteiger partial charge in [0, 0.05) is 5.38 Å². The van der Waals surface area contributed by atoms with E-state index in [1.807, 2.05) is 5.38 Å². The molecule has 2 heterocycles. The van der Waals surface area contributed by atoms with Gasteiger partial charge in [-0.25, -0.2) is 0 Å². The molecule has 0 unspecified atom stereocenters. The minimum atomic E-state index is 0.358. The Morgan fingerprint density at radius 1 is 1.56 bits per heavy atom. The van der Waals surface area contributed by atoms with Crippen LogP contribution in [0, 0.1) is 0 Å². The monoisotopic (exact) mass is 206 g/mol. The quantitative estimate of drug-likeness (QED) is 0.649. The van der Waals surface area contributed by atoms with Crippen molar-refractivity contribution in [1.29, 1.82) is 0 Å². The summed E-state index contributed by atoms with van der Waals surface area (Å²) in [5.41, 5.74) is 0. The maximum absolute atomic E-state index is 5.11. The van der Waals surface area contributed by atoms with Crippen LogP contribution in [0.25, 0.3) is 0 Å². The van der Waals surface area contributed by atoms with E-state index in [-0.39, 0.29) is 0 Å². The zero-order valence-electron chi connectivity index (χ0n) is 4.39. The van der Waals surface area contributed by atoms with E-state index in [0.29, 0.717) is 6.79 Å². The summed E-state index contributed by atoms with van der Waals surface area (Å²) in [4.78, 5) is 0. The Hall–Kier alpha value is -0.220. The van der Waals surface area contributed by atoms with Gasteiger partial charge >= 0.3 is 0 Å². The number of hydrogen-bond acceptors (Lipinski definition) is 3. The number of halogens is 1. The van der Waals surface area contributed by atoms with Crippen molar-refractivity contribution in [2.45, 2.75) is 0 Å². The molecule has 9 heavy (non-hydrogen) atoms. The molecule has 48 valence electrons. The number of hydrogen-bond donors (Lipinski definition) is 0. The molecule has 0 fully saturated rings. The van der Waals surface area contributed by atoms with Crippen molar-refractivity contribution in [3.8, 4) is 11.5 Å². The van der Waals surface area contributed by atoms with Crippen molar-refractivity contribution in [2.24, 2.45) is 0 Å². The lowest BCUT2D eigenvalue weighted by molar-refractivity contribution is 0.173. The molecule has 1 aromatic rings. The molecular weight excluding hydrogens is 204 g/mol. The molecule has 4 heteroatoms. The van der Waals surface area contributed by atoms with Gasteiger partial charge in [0.2, 0.25) is 6.79 Å². The molecule has 1 aliphatic rings. The molecule has 0 spiro atoms. The fourth-order valence-electron chi connectivity index (χ4n) is 0.688. The molecule has 0 saturated carbocycles. The zero-order valence-corrected chi connectivity index (χ0v) is 6.79. The molecule has 0 saturated heterocycles. The second-order valence-corrected chi connectivity index (χ2v) is 3.81. The van der Waals surface area contributed by atoms with Gasteiger partial charge in [-0.1, -0.05) is 0 Å². The van der Waals surface area contributed by atoms with Crippen LogP contribution in [0.2, 0.25) is 0 Å². The van der Waals surface area contributed by atoms with Crippen LogP contribution in [0.4, 0.5) is 0 Å². The number of fused-ring (bicyclic) bond motifs is 1. The van der Waals surface area contributed by atoms with Crippen molar-refractivity contribution in [2.75, 3.05) is 6.79 Å². The second-order valence-electron chi connectivity index (χ2n) is 1.61. The summed E-state index contributed by atoms with van der Waals surface area (Å²) >= 11 is 4.90. The van der Waals surface area contributed by atoms with E-state index in [9.17, 15) is 0 Å². The maximum Gasteiger partial charge on any atom is 0.231 e. The summed E-state index contributed by atoms with van der Waals surface area (Å²) in [6, 6.07) is 0. The van der Waals surface area contributed by atoms with Gasteiger partial charge in [-0.15, -0.1) is 11.3 Å². The molecule has 0 atom stereocenters. The first kappa shape index (κ1) is 5.56. The van der Waals surface area contributed by atoms with Gasteiger partial charge in [-0.3, -0.25) is 0 Å². The molecule has 0 N–H and O–H groups in total. The van der Waals surface area contributed by atoms with E-state index in [4.69, 9.17) is 9.47 Å². The Labute approximate surface area is 64.5 Å². The van der Waals surface area contributed by atoms with Crippen molar-refractivity contribution in [1.82, 2.24) is 0 Å². The van der Waals surface area contributed by atoms with Crippen molar-refractivity contribution in [3.05, 3.63) is 9.17 Å². The Morgan fingerprint density at radius 3 is 3.22 bits per heavy atom. The van der Waals surface area contributed by atoms with Crippen LogP contribution >= 0.6 is 27.3 Å². The summed E-state index contributed by atoms with van der Waals surface area (Å²) in [5.74, 6) is 1.70. The van der Waals surface area contributed by atoms with Gasteiger partial charge in [-0.2, -0.15) is 0 Å². The highest BCUT2D eigenvalue weighted by atomic mass is 79.9. The predicted molar refractivity (Wildman–Crippen MR) is 38.1 cm³/mol. The fraction of sp³-hybridized carbons (Fsp3) is 0.200. The van der Waals surface area contributed by atoms with Crippen LogP contribution in [0.3, 0.4) is 0 Å². The second kappa shape index (κ2) is 1.88. The molecule has 0 radical (unpaired) electrons. The van der Waals surface area contributed by atoms with Gasteiger partial charge in [0.15, 0.2) is 11.5 Å². The molecule has 2 rings (SSSR count). The third kappa shape index (κ3) is 0.737. The molecule has 1 aromatic heterocycles. The third-order valence-corrected chi connectivity index (χ3v) is 2.73. The first-order valence-electron chi connectivity index (χ1n) is 2.40. The summed E-state index contributed by atoms with van der Waals surface area (Å²) in [7, 11) is 0. The Kier molecular flexibility index (Phi) is 1.16. The zero-order chi connectivity index (χ0) is 6.27. The summed E-state index contributed by atoms with van der Waals surface area (Å²) in [6.45, 7) is 0.358. The fourth-order valence-corrected chi connectivity index (χ4v) is 1.93. The highest BCUT2D eigenvalue weighted by molar-refractivity contribution is 9.11. The molecule has 2 nitrogen and oxygen atoms in total. The number of rotatable bonds is 0. The SMILES string of the molecule is Brc1scc2c1OCO2. The minimum absolute atomic E-state index is 0.358. The van der Waals surface area contributed by atoms with Crippen molar-refractivity contribution < 1.29 is 9.47 Å². The minimum Gasteiger partial charge on any atom is -0.453 e. The van der Waals surface area contributed by atoms with Crippen LogP contribution in [0.5, 0.6) is 11.5 Å². The summed E-state index contributed by atoms with van der Waals surface area (Å²) in [6.07, 6.45) is 0. The van der Waals surface area contributed by atoms with Gasteiger partial charge < -0.3 is 9.47 Å². The Bertz CT molecular complexity index is 233. The standard InChI is InChI=1S/C5H3BrO2S/c6-5-4-3(1-9-5)7-2-8-4/h1H,2H2. The summed E-state index contributed by atoms with van der Waals surface area (Å²) in [5, 5.41) is 1.92. The Balaban J connectivity index is 2.56.